The molecule has 0 spiro atoms. The van der Waals surface area contributed by atoms with E-state index in [1.165, 1.54) is 46.9 Å². The predicted molar refractivity (Wildman–Crippen MR) is 199 cm³/mol. The minimum absolute atomic E-state index is 0.00340. The minimum Gasteiger partial charge on any atom is -0.506 e. The molecule has 0 bridgehead atoms. The number of fused-ring (bicyclic) bond motifs is 1. The molecule has 6 rings (SSSR count). The Morgan fingerprint density at radius 1 is 1.02 bits per heavy atom. The first-order valence-electron chi connectivity index (χ1n) is 17.2. The second-order valence-corrected chi connectivity index (χ2v) is 15.0. The maximum atomic E-state index is 15.0. The van der Waals surface area contributed by atoms with Gasteiger partial charge in [0.2, 0.25) is 17.1 Å². The molecule has 53 heavy (non-hydrogen) atoms. The molecule has 1 amide bonds. The van der Waals surface area contributed by atoms with Crippen LogP contribution in [-0.4, -0.2) is 69.4 Å². The SMILES string of the molecule is CN(CCC(=O)Nc1cc(F)c(CNC[C@H](O)c2ccc(O)c3[nH]c(=O)ccc23)cc1F)[C@H]1CC[C@H](OC(=O)C(O)(c2cccs2)c2cccs2)CC1. The molecule has 0 radical (unpaired) electrons. The van der Waals surface area contributed by atoms with Crippen LogP contribution < -0.4 is 16.2 Å². The number of aliphatic hydroxyl groups excluding tert-OH is 1. The van der Waals surface area contributed by atoms with E-state index in [-0.39, 0.29) is 54.2 Å². The number of nitrogens with zero attached hydrogens (tertiary/aromatic N) is 1. The molecule has 1 saturated carbocycles. The fourth-order valence-electron chi connectivity index (χ4n) is 6.63. The number of esters is 1. The fourth-order valence-corrected chi connectivity index (χ4v) is 8.34. The maximum Gasteiger partial charge on any atom is 0.349 e. The van der Waals surface area contributed by atoms with E-state index in [4.69, 9.17) is 4.74 Å². The normalized spacial score (nSPS) is 16.9. The molecule has 1 fully saturated rings. The smallest absolute Gasteiger partial charge is 0.349 e. The van der Waals surface area contributed by atoms with Crippen molar-refractivity contribution in [1.29, 1.82) is 0 Å². The van der Waals surface area contributed by atoms with Crippen molar-refractivity contribution in [2.75, 3.05) is 25.5 Å². The number of rotatable bonds is 14. The van der Waals surface area contributed by atoms with Gasteiger partial charge in [0.05, 0.1) is 27.1 Å². The van der Waals surface area contributed by atoms with Gasteiger partial charge < -0.3 is 40.6 Å². The van der Waals surface area contributed by atoms with E-state index >= 15 is 0 Å². The summed E-state index contributed by atoms with van der Waals surface area (Å²) in [5.41, 5.74) is -1.94. The Balaban J connectivity index is 0.948. The first-order valence-corrected chi connectivity index (χ1v) is 18.9. The lowest BCUT2D eigenvalue weighted by Gasteiger charge is -2.35. The first-order chi connectivity index (χ1) is 25.4. The molecule has 0 saturated heterocycles. The summed E-state index contributed by atoms with van der Waals surface area (Å²) >= 11 is 2.58. The summed E-state index contributed by atoms with van der Waals surface area (Å²) in [5.74, 6) is -2.86. The van der Waals surface area contributed by atoms with E-state index in [2.05, 4.69) is 15.6 Å². The lowest BCUT2D eigenvalue weighted by Crippen LogP contribution is -2.42. The van der Waals surface area contributed by atoms with Gasteiger partial charge in [-0.05, 0) is 79.4 Å². The van der Waals surface area contributed by atoms with Crippen molar-refractivity contribution < 1.29 is 38.4 Å². The van der Waals surface area contributed by atoms with Crippen molar-refractivity contribution in [3.05, 3.63) is 114 Å². The van der Waals surface area contributed by atoms with Gasteiger partial charge in [0.1, 0.15) is 23.5 Å². The number of ether oxygens (including phenoxy) is 1. The molecule has 3 aromatic heterocycles. The third-order valence-electron chi connectivity index (χ3n) is 9.61. The van der Waals surface area contributed by atoms with Crippen LogP contribution in [0.5, 0.6) is 5.75 Å². The lowest BCUT2D eigenvalue weighted by atomic mass is 9.91. The molecule has 11 nitrogen and oxygen atoms in total. The number of carbonyl (C=O) groups is 2. The second kappa shape index (κ2) is 16.7. The Bertz CT molecular complexity index is 2070. The summed E-state index contributed by atoms with van der Waals surface area (Å²) in [4.78, 5) is 43.3. The van der Waals surface area contributed by atoms with Gasteiger partial charge >= 0.3 is 5.97 Å². The first kappa shape index (κ1) is 38.2. The highest BCUT2D eigenvalue weighted by Gasteiger charge is 2.45. The van der Waals surface area contributed by atoms with Crippen LogP contribution in [-0.2, 0) is 26.5 Å². The molecule has 15 heteroatoms. The number of thiophene rings is 2. The highest BCUT2D eigenvalue weighted by molar-refractivity contribution is 7.12. The number of nitrogens with one attached hydrogen (secondary N) is 3. The average Bonchev–Trinajstić information content (AvgIpc) is 3.89. The molecule has 1 aliphatic rings. The molecule has 6 N–H and O–H groups in total. The quantitative estimate of drug-likeness (QED) is 0.0801. The Morgan fingerprint density at radius 3 is 2.38 bits per heavy atom. The molecule has 2 aromatic carbocycles. The number of benzene rings is 2. The number of aliphatic hydroxyl groups is 2. The van der Waals surface area contributed by atoms with Crippen LogP contribution in [0.25, 0.3) is 10.9 Å². The zero-order valence-corrected chi connectivity index (χ0v) is 30.4. The van der Waals surface area contributed by atoms with Gasteiger partial charge in [-0.15, -0.1) is 22.7 Å². The van der Waals surface area contributed by atoms with E-state index in [0.717, 1.165) is 12.1 Å². The summed E-state index contributed by atoms with van der Waals surface area (Å²) in [6.45, 7) is 0.225. The standard InChI is InChI=1S/C38H40F2N4O7S2/c1-44(23-6-8-24(9-7-23)51-37(49)38(50,32-4-2-16-52-32)33-5-3-17-53-33)15-14-35(48)42-29-19-27(39)22(18-28(29)40)20-41-21-31(46)25-10-12-30(45)36-26(25)11-13-34(47)43-36/h2-5,10-13,16-19,23-24,31,41,45-46,50H,6-9,14-15,20-21H2,1H3,(H,42,48)(H,43,47)/t23-,24-,31-/m0/s1. The third-order valence-corrected chi connectivity index (χ3v) is 11.6. The van der Waals surface area contributed by atoms with E-state index in [1.54, 1.807) is 35.0 Å². The summed E-state index contributed by atoms with van der Waals surface area (Å²) < 4.78 is 35.8. The van der Waals surface area contributed by atoms with Gasteiger partial charge in [-0.2, -0.15) is 0 Å². The number of halogens is 2. The van der Waals surface area contributed by atoms with Crippen LogP contribution >= 0.6 is 22.7 Å². The molecule has 1 atom stereocenters. The summed E-state index contributed by atoms with van der Waals surface area (Å²) in [5, 5.41) is 41.7. The van der Waals surface area contributed by atoms with Crippen LogP contribution in [0.4, 0.5) is 14.5 Å². The van der Waals surface area contributed by atoms with Crippen molar-refractivity contribution in [1.82, 2.24) is 15.2 Å². The predicted octanol–water partition coefficient (Wildman–Crippen LogP) is 5.51. The van der Waals surface area contributed by atoms with Crippen molar-refractivity contribution in [3.63, 3.8) is 0 Å². The number of anilines is 1. The Hall–Kier alpha value is -4.51. The van der Waals surface area contributed by atoms with E-state index < -0.39 is 40.8 Å². The highest BCUT2D eigenvalue weighted by atomic mass is 32.1. The number of pyridine rings is 1. The van der Waals surface area contributed by atoms with Gasteiger partial charge in [0, 0.05) is 55.2 Å². The van der Waals surface area contributed by atoms with Gasteiger partial charge in [-0.3, -0.25) is 9.59 Å². The monoisotopic (exact) mass is 766 g/mol. The van der Waals surface area contributed by atoms with Gasteiger partial charge in [0.15, 0.2) is 0 Å². The third kappa shape index (κ3) is 8.67. The van der Waals surface area contributed by atoms with Crippen molar-refractivity contribution in [2.45, 2.75) is 62.5 Å². The van der Waals surface area contributed by atoms with Gasteiger partial charge in [-0.1, -0.05) is 18.2 Å². The Morgan fingerprint density at radius 2 is 1.72 bits per heavy atom. The largest absolute Gasteiger partial charge is 0.506 e. The average molecular weight is 767 g/mol. The van der Waals surface area contributed by atoms with Crippen LogP contribution in [0.2, 0.25) is 0 Å². The van der Waals surface area contributed by atoms with Crippen LogP contribution in [0.1, 0.15) is 59.1 Å². The number of phenols is 1. The lowest BCUT2D eigenvalue weighted by molar-refractivity contribution is -0.169. The van der Waals surface area contributed by atoms with E-state index in [9.17, 15) is 38.5 Å². The summed E-state index contributed by atoms with van der Waals surface area (Å²) in [6.07, 6.45) is 1.23. The Labute approximate surface area is 311 Å². The number of hydrogen-bond acceptors (Lipinski definition) is 11. The van der Waals surface area contributed by atoms with Crippen LogP contribution in [0.15, 0.2) is 76.2 Å². The second-order valence-electron chi connectivity index (χ2n) is 13.1. The summed E-state index contributed by atoms with van der Waals surface area (Å²) in [6, 6.07) is 14.7. The van der Waals surface area contributed by atoms with Gasteiger partial charge in [0.25, 0.3) is 0 Å². The summed E-state index contributed by atoms with van der Waals surface area (Å²) in [7, 11) is 1.89. The zero-order valence-electron chi connectivity index (χ0n) is 28.8. The topological polar surface area (TPSA) is 164 Å². The molecule has 280 valence electrons. The molecule has 3 heterocycles. The number of aromatic amines is 1. The number of amides is 1. The zero-order chi connectivity index (χ0) is 37.7. The number of aromatic nitrogens is 1. The molecular formula is C38H40F2N4O7S2. The molecule has 1 aliphatic carbocycles. The number of phenolic OH excluding ortho intramolecular Hbond substituents is 1. The van der Waals surface area contributed by atoms with Gasteiger partial charge in [-0.25, -0.2) is 13.6 Å². The van der Waals surface area contributed by atoms with E-state index in [1.807, 2.05) is 11.9 Å². The maximum absolute atomic E-state index is 15.0. The van der Waals surface area contributed by atoms with Crippen LogP contribution in [0, 0.1) is 11.6 Å². The molecule has 5 aromatic rings. The highest BCUT2D eigenvalue weighted by Crippen LogP contribution is 2.38. The fraction of sp³-hybridized carbons (Fsp3) is 0.342. The van der Waals surface area contributed by atoms with Crippen molar-refractivity contribution >= 4 is 51.1 Å². The molecular weight excluding hydrogens is 727 g/mol. The molecule has 0 aliphatic heterocycles. The van der Waals surface area contributed by atoms with E-state index in [0.29, 0.717) is 52.9 Å². The number of carbonyl (C=O) groups excluding carboxylic acids is 2. The number of H-pyrrole nitrogens is 1. The minimum atomic E-state index is -1.86. The van der Waals surface area contributed by atoms with Crippen LogP contribution in [0.3, 0.4) is 0 Å². The Kier molecular flexibility index (Phi) is 12.0. The number of aromatic hydroxyl groups is 1. The molecule has 0 unspecified atom stereocenters. The van der Waals surface area contributed by atoms with Crippen molar-refractivity contribution in [3.8, 4) is 5.75 Å². The van der Waals surface area contributed by atoms with Crippen molar-refractivity contribution in [2.24, 2.45) is 0 Å². The number of hydrogen-bond donors (Lipinski definition) is 6.